The number of carbonyl (C=O) groups excluding carboxylic acids is 1. The van der Waals surface area contributed by atoms with E-state index in [0.29, 0.717) is 37.5 Å². The summed E-state index contributed by atoms with van der Waals surface area (Å²) in [7, 11) is 0. The molecule has 0 aliphatic carbocycles. The van der Waals surface area contributed by atoms with Crippen LogP contribution in [0.2, 0.25) is 5.02 Å². The third-order valence-corrected chi connectivity index (χ3v) is 7.97. The van der Waals surface area contributed by atoms with Crippen LogP contribution in [0.1, 0.15) is 57.3 Å². The smallest absolute Gasteiger partial charge is 0.306 e. The van der Waals surface area contributed by atoms with Crippen LogP contribution in [0, 0.1) is 11.3 Å². The number of likely N-dealkylation sites (tertiary alicyclic amines) is 1. The fourth-order valence-electron chi connectivity index (χ4n) is 5.93. The fourth-order valence-corrected chi connectivity index (χ4v) is 6.11. The van der Waals surface area contributed by atoms with Gasteiger partial charge in [-0.05, 0) is 52.8 Å². The van der Waals surface area contributed by atoms with Gasteiger partial charge in [-0.1, -0.05) is 74.8 Å². The summed E-state index contributed by atoms with van der Waals surface area (Å²) in [5.41, 5.74) is 3.14. The second-order valence-corrected chi connectivity index (χ2v) is 12.5. The molecular formula is C32H37ClN2O4. The van der Waals surface area contributed by atoms with Crippen molar-refractivity contribution in [3.8, 4) is 0 Å². The molecule has 0 bridgehead atoms. The number of halogens is 1. The molecule has 2 aliphatic heterocycles. The Hall–Kier alpha value is -3.09. The monoisotopic (exact) mass is 548 g/mol. The van der Waals surface area contributed by atoms with E-state index in [2.05, 4.69) is 62.1 Å². The zero-order chi connectivity index (χ0) is 27.7. The van der Waals surface area contributed by atoms with Crippen molar-refractivity contribution < 1.29 is 19.4 Å². The van der Waals surface area contributed by atoms with Gasteiger partial charge in [0.1, 0.15) is 6.10 Å². The number of aliphatic carboxylic acids is 1. The van der Waals surface area contributed by atoms with Crippen molar-refractivity contribution in [3.63, 3.8) is 0 Å². The number of rotatable bonds is 5. The van der Waals surface area contributed by atoms with E-state index in [1.807, 2.05) is 24.3 Å². The minimum atomic E-state index is -0.777. The predicted molar refractivity (Wildman–Crippen MR) is 155 cm³/mol. The number of benzene rings is 3. The van der Waals surface area contributed by atoms with Crippen LogP contribution in [-0.4, -0.2) is 54.2 Å². The highest BCUT2D eigenvalue weighted by Crippen LogP contribution is 2.42. The minimum absolute atomic E-state index is 0.0141. The van der Waals surface area contributed by atoms with Gasteiger partial charge in [-0.25, -0.2) is 0 Å². The van der Waals surface area contributed by atoms with E-state index in [1.54, 1.807) is 4.90 Å². The van der Waals surface area contributed by atoms with E-state index in [4.69, 9.17) is 16.3 Å². The molecule has 0 radical (unpaired) electrons. The first-order chi connectivity index (χ1) is 18.6. The number of carbonyl (C=O) groups is 2. The zero-order valence-corrected chi connectivity index (χ0v) is 23.7. The quantitative estimate of drug-likeness (QED) is 0.391. The summed E-state index contributed by atoms with van der Waals surface area (Å²) in [6.45, 7) is 8.94. The first-order valence-corrected chi connectivity index (χ1v) is 14.1. The molecule has 2 atom stereocenters. The summed E-state index contributed by atoms with van der Waals surface area (Å²) in [5, 5.41) is 12.2. The van der Waals surface area contributed by atoms with Gasteiger partial charge in [0, 0.05) is 42.5 Å². The Morgan fingerprint density at radius 1 is 1.00 bits per heavy atom. The summed E-state index contributed by atoms with van der Waals surface area (Å²) in [6.07, 6.45) is 0.468. The zero-order valence-electron chi connectivity index (χ0n) is 22.9. The second kappa shape index (κ2) is 11.2. The molecule has 3 aromatic carbocycles. The Labute approximate surface area is 235 Å². The first-order valence-electron chi connectivity index (χ1n) is 13.8. The minimum Gasteiger partial charge on any atom is -0.481 e. The van der Waals surface area contributed by atoms with E-state index in [-0.39, 0.29) is 29.8 Å². The Kier molecular flexibility index (Phi) is 7.88. The number of anilines is 1. The van der Waals surface area contributed by atoms with Gasteiger partial charge in [0.05, 0.1) is 18.4 Å². The molecule has 0 saturated carbocycles. The van der Waals surface area contributed by atoms with Crippen LogP contribution in [0.15, 0.2) is 60.7 Å². The molecule has 1 amide bonds. The number of hydrogen-bond acceptors (Lipinski definition) is 4. The molecule has 39 heavy (non-hydrogen) atoms. The number of carboxylic acid groups (broad SMARTS) is 1. The van der Waals surface area contributed by atoms with Crippen molar-refractivity contribution in [2.45, 2.75) is 52.2 Å². The largest absolute Gasteiger partial charge is 0.481 e. The maximum absolute atomic E-state index is 13.5. The number of carboxylic acids is 1. The number of ether oxygens (including phenoxy) is 1. The number of fused-ring (bicyclic) bond motifs is 2. The Morgan fingerprint density at radius 3 is 2.44 bits per heavy atom. The summed E-state index contributed by atoms with van der Waals surface area (Å²) < 4.78 is 6.91. The van der Waals surface area contributed by atoms with Gasteiger partial charge in [-0.15, -0.1) is 0 Å². The fraction of sp³-hybridized carbons (Fsp3) is 0.438. The Morgan fingerprint density at radius 2 is 1.72 bits per heavy atom. The van der Waals surface area contributed by atoms with Gasteiger partial charge in [-0.2, -0.15) is 0 Å². The van der Waals surface area contributed by atoms with E-state index in [0.717, 1.165) is 34.1 Å². The molecule has 0 aromatic heterocycles. The lowest BCUT2D eigenvalue weighted by Gasteiger charge is -2.34. The average Bonchev–Trinajstić information content (AvgIpc) is 3.03. The average molecular weight is 549 g/mol. The van der Waals surface area contributed by atoms with Crippen LogP contribution >= 0.6 is 11.6 Å². The van der Waals surface area contributed by atoms with Crippen molar-refractivity contribution in [2.24, 2.45) is 11.3 Å². The van der Waals surface area contributed by atoms with Crippen molar-refractivity contribution >= 4 is 39.9 Å². The summed E-state index contributed by atoms with van der Waals surface area (Å²) in [5.74, 6) is -1.14. The lowest BCUT2D eigenvalue weighted by molar-refractivity contribution is -0.146. The van der Waals surface area contributed by atoms with E-state index in [1.165, 1.54) is 0 Å². The van der Waals surface area contributed by atoms with E-state index < -0.39 is 12.1 Å². The molecule has 2 heterocycles. The molecule has 2 aliphatic rings. The van der Waals surface area contributed by atoms with Crippen LogP contribution < -0.4 is 4.90 Å². The molecule has 5 rings (SSSR count). The molecule has 6 nitrogen and oxygen atoms in total. The number of piperidine rings is 1. The van der Waals surface area contributed by atoms with Crippen LogP contribution in [0.4, 0.5) is 5.69 Å². The summed E-state index contributed by atoms with van der Waals surface area (Å²) >= 11 is 6.56. The second-order valence-electron chi connectivity index (χ2n) is 12.0. The van der Waals surface area contributed by atoms with Gasteiger partial charge in [0.25, 0.3) is 0 Å². The van der Waals surface area contributed by atoms with Crippen LogP contribution in [0.3, 0.4) is 0 Å². The highest BCUT2D eigenvalue weighted by Gasteiger charge is 2.35. The van der Waals surface area contributed by atoms with Crippen LogP contribution in [0.25, 0.3) is 10.8 Å². The molecular weight excluding hydrogens is 512 g/mol. The molecule has 1 saturated heterocycles. The predicted octanol–water partition coefficient (Wildman–Crippen LogP) is 6.55. The summed E-state index contributed by atoms with van der Waals surface area (Å²) in [4.78, 5) is 29.0. The molecule has 206 valence electrons. The van der Waals surface area contributed by atoms with Gasteiger partial charge in [0.2, 0.25) is 5.91 Å². The maximum Gasteiger partial charge on any atom is 0.306 e. The van der Waals surface area contributed by atoms with Crippen molar-refractivity contribution in [3.05, 3.63) is 76.8 Å². The Balaban J connectivity index is 1.51. The molecule has 0 spiro atoms. The maximum atomic E-state index is 13.5. The number of nitrogens with zero attached hydrogens (tertiary/aromatic N) is 2. The number of hydrogen-bond donors (Lipinski definition) is 1. The third kappa shape index (κ3) is 6.23. The molecule has 3 aromatic rings. The lowest BCUT2D eigenvalue weighted by Crippen LogP contribution is -2.44. The van der Waals surface area contributed by atoms with Crippen molar-refractivity contribution in [1.82, 2.24) is 4.90 Å². The first kappa shape index (κ1) is 27.5. The topological polar surface area (TPSA) is 70.1 Å². The molecule has 1 fully saturated rings. The summed E-state index contributed by atoms with van der Waals surface area (Å²) in [6, 6.07) is 20.5. The molecule has 2 unspecified atom stereocenters. The van der Waals surface area contributed by atoms with Gasteiger partial charge in [0.15, 0.2) is 0 Å². The standard InChI is InChI=1S/C32H37ClN2O4/c1-32(2,3)20-35-19-24(18-29(36)34-15-13-22(14-16-34)31(37)38)39-30(27-17-23(33)11-12-28(27)35)26-10-6-8-21-7-4-5-9-25(21)26/h4-12,17,22,24,30H,13-16,18-20H2,1-3H3,(H,37,38). The van der Waals surface area contributed by atoms with Gasteiger partial charge >= 0.3 is 5.97 Å². The van der Waals surface area contributed by atoms with Gasteiger partial charge < -0.3 is 19.6 Å². The highest BCUT2D eigenvalue weighted by atomic mass is 35.5. The van der Waals surface area contributed by atoms with Crippen molar-refractivity contribution in [1.29, 1.82) is 0 Å². The van der Waals surface area contributed by atoms with E-state index in [9.17, 15) is 14.7 Å². The normalized spacial score (nSPS) is 20.5. The molecule has 1 N–H and O–H groups in total. The third-order valence-electron chi connectivity index (χ3n) is 7.74. The molecule has 7 heteroatoms. The highest BCUT2D eigenvalue weighted by molar-refractivity contribution is 6.30. The van der Waals surface area contributed by atoms with Crippen molar-refractivity contribution in [2.75, 3.05) is 31.1 Å². The van der Waals surface area contributed by atoms with E-state index >= 15 is 0 Å². The van der Waals surface area contributed by atoms with Crippen LogP contribution in [0.5, 0.6) is 0 Å². The van der Waals surface area contributed by atoms with Crippen LogP contribution in [-0.2, 0) is 14.3 Å². The SMILES string of the molecule is CC(C)(C)CN1CC(CC(=O)N2CCC(C(=O)O)CC2)OC(c2cccc3ccccc23)c2cc(Cl)ccc21. The van der Waals surface area contributed by atoms with Gasteiger partial charge in [-0.3, -0.25) is 9.59 Å². The Bertz CT molecular complexity index is 1350. The lowest BCUT2D eigenvalue weighted by atomic mass is 9.93. The number of amides is 1.